The van der Waals surface area contributed by atoms with Gasteiger partial charge in [0.15, 0.2) is 0 Å². The first-order chi connectivity index (χ1) is 6.79. The third kappa shape index (κ3) is 2.15. The van der Waals surface area contributed by atoms with E-state index in [9.17, 15) is 0 Å². The van der Waals surface area contributed by atoms with E-state index in [1.807, 2.05) is 18.5 Å². The van der Waals surface area contributed by atoms with Crippen LogP contribution >= 0.6 is 34.3 Å². The molecule has 2 rings (SSSR count). The summed E-state index contributed by atoms with van der Waals surface area (Å²) in [6.45, 7) is 0.815. The summed E-state index contributed by atoms with van der Waals surface area (Å²) in [5.41, 5.74) is 1.08. The molecular weight excluding hydrogens is 236 g/mol. The van der Waals surface area contributed by atoms with Crippen LogP contribution in [-0.4, -0.2) is 12.0 Å². The van der Waals surface area contributed by atoms with E-state index in [2.05, 4.69) is 15.7 Å². The first kappa shape index (κ1) is 10.1. The van der Waals surface area contributed by atoms with Gasteiger partial charge >= 0.3 is 0 Å². The lowest BCUT2D eigenvalue weighted by Crippen LogP contribution is -2.04. The Morgan fingerprint density at radius 2 is 2.29 bits per heavy atom. The molecule has 2 heterocycles. The van der Waals surface area contributed by atoms with Crippen molar-refractivity contribution < 1.29 is 0 Å². The molecule has 0 radical (unpaired) electrons. The highest BCUT2D eigenvalue weighted by Crippen LogP contribution is 2.31. The van der Waals surface area contributed by atoms with Crippen molar-refractivity contribution >= 4 is 34.3 Å². The summed E-state index contributed by atoms with van der Waals surface area (Å²) in [5, 5.41) is 8.91. The van der Waals surface area contributed by atoms with E-state index in [1.54, 1.807) is 22.7 Å². The van der Waals surface area contributed by atoms with Crippen LogP contribution in [0.25, 0.3) is 9.88 Å². The Morgan fingerprint density at radius 1 is 1.43 bits per heavy atom. The van der Waals surface area contributed by atoms with Gasteiger partial charge in [0.05, 0.1) is 15.6 Å². The average molecular weight is 245 g/mol. The van der Waals surface area contributed by atoms with Crippen molar-refractivity contribution in [2.45, 2.75) is 6.54 Å². The molecule has 0 saturated carbocycles. The monoisotopic (exact) mass is 244 g/mol. The van der Waals surface area contributed by atoms with Crippen LogP contribution < -0.4 is 5.32 Å². The quantitative estimate of drug-likeness (QED) is 0.897. The van der Waals surface area contributed by atoms with Gasteiger partial charge in [0.1, 0.15) is 5.01 Å². The molecular formula is C9H9ClN2S2. The van der Waals surface area contributed by atoms with Crippen LogP contribution in [0.3, 0.4) is 0 Å². The lowest BCUT2D eigenvalue weighted by molar-refractivity contribution is 0.798. The van der Waals surface area contributed by atoms with Crippen molar-refractivity contribution in [3.8, 4) is 9.88 Å². The van der Waals surface area contributed by atoms with Gasteiger partial charge < -0.3 is 5.32 Å². The van der Waals surface area contributed by atoms with Crippen LogP contribution in [0.2, 0.25) is 5.02 Å². The van der Waals surface area contributed by atoms with Gasteiger partial charge in [-0.1, -0.05) is 11.6 Å². The summed E-state index contributed by atoms with van der Waals surface area (Å²) >= 11 is 9.14. The first-order valence-corrected chi connectivity index (χ1v) is 6.26. The largest absolute Gasteiger partial charge is 0.314 e. The van der Waals surface area contributed by atoms with E-state index in [-0.39, 0.29) is 0 Å². The summed E-state index contributed by atoms with van der Waals surface area (Å²) in [7, 11) is 1.92. The number of thiophene rings is 1. The van der Waals surface area contributed by atoms with Crippen molar-refractivity contribution in [1.29, 1.82) is 0 Å². The zero-order chi connectivity index (χ0) is 9.97. The lowest BCUT2D eigenvalue weighted by atomic mass is 10.4. The van der Waals surface area contributed by atoms with Gasteiger partial charge in [-0.2, -0.15) is 0 Å². The van der Waals surface area contributed by atoms with Crippen LogP contribution in [0.15, 0.2) is 16.8 Å². The van der Waals surface area contributed by atoms with E-state index in [0.29, 0.717) is 0 Å². The maximum absolute atomic E-state index is 5.85. The van der Waals surface area contributed by atoms with Crippen molar-refractivity contribution in [1.82, 2.24) is 10.3 Å². The fourth-order valence-electron chi connectivity index (χ4n) is 1.11. The second kappa shape index (κ2) is 4.40. The summed E-state index contributed by atoms with van der Waals surface area (Å²) in [5.74, 6) is 0. The molecule has 1 N–H and O–H groups in total. The Balaban J connectivity index is 2.24. The minimum atomic E-state index is 0.787. The molecule has 74 valence electrons. The maximum atomic E-state index is 5.85. The van der Waals surface area contributed by atoms with Gasteiger partial charge in [-0.3, -0.25) is 0 Å². The van der Waals surface area contributed by atoms with E-state index >= 15 is 0 Å². The number of thiazole rings is 1. The third-order valence-corrected chi connectivity index (χ3v) is 4.03. The Hall–Kier alpha value is -0.420. The molecule has 0 amide bonds. The number of nitrogens with zero attached hydrogens (tertiary/aromatic N) is 1. The number of nitrogens with one attached hydrogen (secondary N) is 1. The van der Waals surface area contributed by atoms with Crippen LogP contribution in [0.5, 0.6) is 0 Å². The lowest BCUT2D eigenvalue weighted by Gasteiger charge is -1.91. The molecule has 2 aromatic rings. The SMILES string of the molecule is CNCc1csc(-c2cc(Cl)cs2)n1. The average Bonchev–Trinajstić information content (AvgIpc) is 2.74. The Kier molecular flexibility index (Phi) is 3.18. The molecule has 2 nitrogen and oxygen atoms in total. The Bertz CT molecular complexity index is 422. The van der Waals surface area contributed by atoms with Crippen molar-refractivity contribution in [2.24, 2.45) is 0 Å². The zero-order valence-electron chi connectivity index (χ0n) is 7.58. The zero-order valence-corrected chi connectivity index (χ0v) is 9.97. The van der Waals surface area contributed by atoms with E-state index < -0.39 is 0 Å². The topological polar surface area (TPSA) is 24.9 Å². The first-order valence-electron chi connectivity index (χ1n) is 4.13. The predicted octanol–water partition coefficient (Wildman–Crippen LogP) is 3.24. The van der Waals surface area contributed by atoms with Gasteiger partial charge in [0.2, 0.25) is 0 Å². The summed E-state index contributed by atoms with van der Waals surface area (Å²) < 4.78 is 0. The number of halogens is 1. The molecule has 0 aromatic carbocycles. The van der Waals surface area contributed by atoms with Gasteiger partial charge in [-0.25, -0.2) is 4.98 Å². The van der Waals surface area contributed by atoms with E-state index in [1.165, 1.54) is 0 Å². The number of hydrogen-bond donors (Lipinski definition) is 1. The van der Waals surface area contributed by atoms with E-state index in [0.717, 1.165) is 27.1 Å². The smallest absolute Gasteiger partial charge is 0.133 e. The van der Waals surface area contributed by atoms with Crippen LogP contribution in [0, 0.1) is 0 Å². The van der Waals surface area contributed by atoms with Crippen molar-refractivity contribution in [3.63, 3.8) is 0 Å². The molecule has 14 heavy (non-hydrogen) atoms. The number of rotatable bonds is 3. The highest BCUT2D eigenvalue weighted by molar-refractivity contribution is 7.20. The predicted molar refractivity (Wildman–Crippen MR) is 63.2 cm³/mol. The molecule has 0 unspecified atom stereocenters. The third-order valence-electron chi connectivity index (χ3n) is 1.69. The second-order valence-corrected chi connectivity index (χ2v) is 5.01. The van der Waals surface area contributed by atoms with E-state index in [4.69, 9.17) is 11.6 Å². The van der Waals surface area contributed by atoms with Crippen LogP contribution in [0.1, 0.15) is 5.69 Å². The molecule has 0 spiro atoms. The number of hydrogen-bond acceptors (Lipinski definition) is 4. The highest BCUT2D eigenvalue weighted by Gasteiger charge is 2.06. The molecule has 0 bridgehead atoms. The minimum Gasteiger partial charge on any atom is -0.314 e. The molecule has 0 saturated heterocycles. The van der Waals surface area contributed by atoms with Crippen molar-refractivity contribution in [3.05, 3.63) is 27.5 Å². The van der Waals surface area contributed by atoms with Gasteiger partial charge in [0, 0.05) is 17.3 Å². The molecule has 0 aliphatic carbocycles. The van der Waals surface area contributed by atoms with Gasteiger partial charge in [-0.15, -0.1) is 22.7 Å². The molecule has 0 fully saturated rings. The Labute approximate surface area is 95.6 Å². The van der Waals surface area contributed by atoms with Crippen LogP contribution in [-0.2, 0) is 6.54 Å². The number of aromatic nitrogens is 1. The minimum absolute atomic E-state index is 0.787. The molecule has 0 aliphatic heterocycles. The Morgan fingerprint density at radius 3 is 2.93 bits per heavy atom. The summed E-state index contributed by atoms with van der Waals surface area (Å²) in [6, 6.07) is 1.95. The fourth-order valence-corrected chi connectivity index (χ4v) is 3.08. The molecule has 0 aliphatic rings. The molecule has 5 heteroatoms. The maximum Gasteiger partial charge on any atom is 0.133 e. The summed E-state index contributed by atoms with van der Waals surface area (Å²) in [4.78, 5) is 5.63. The van der Waals surface area contributed by atoms with Crippen LogP contribution in [0.4, 0.5) is 0 Å². The standard InChI is InChI=1S/C9H9ClN2S2/c1-11-3-7-5-14-9(12-7)8-2-6(10)4-13-8/h2,4-5,11H,3H2,1H3. The fraction of sp³-hybridized carbons (Fsp3) is 0.222. The van der Waals surface area contributed by atoms with Gasteiger partial charge in [-0.05, 0) is 13.1 Å². The summed E-state index contributed by atoms with van der Waals surface area (Å²) in [6.07, 6.45) is 0. The van der Waals surface area contributed by atoms with Gasteiger partial charge in [0.25, 0.3) is 0 Å². The van der Waals surface area contributed by atoms with Crippen molar-refractivity contribution in [2.75, 3.05) is 7.05 Å². The highest BCUT2D eigenvalue weighted by atomic mass is 35.5. The second-order valence-electron chi connectivity index (χ2n) is 2.80. The molecule has 0 atom stereocenters. The normalized spacial score (nSPS) is 10.7. The molecule has 2 aromatic heterocycles.